The fraction of sp³-hybridized carbons (Fsp3) is 0.318. The summed E-state index contributed by atoms with van der Waals surface area (Å²) in [5.41, 5.74) is 4.55. The molecule has 0 aliphatic heterocycles. The highest BCUT2D eigenvalue weighted by Gasteiger charge is 2.55. The molecule has 1 heteroatoms. The molecule has 0 N–H and O–H groups in total. The second kappa shape index (κ2) is 5.19. The molecule has 0 bridgehead atoms. The summed E-state index contributed by atoms with van der Waals surface area (Å²) in [5, 5.41) is 0. The minimum atomic E-state index is -0.315. The van der Waals surface area contributed by atoms with Gasteiger partial charge in [0.1, 0.15) is 0 Å². The molecule has 2 aliphatic carbocycles. The van der Waals surface area contributed by atoms with E-state index in [-0.39, 0.29) is 17.3 Å². The number of carbonyl (C=O) groups is 1. The molecule has 0 radical (unpaired) electrons. The summed E-state index contributed by atoms with van der Waals surface area (Å²) in [4.78, 5) is 13.4. The second-order valence-electron chi connectivity index (χ2n) is 7.10. The number of benzene rings is 2. The van der Waals surface area contributed by atoms with Crippen molar-refractivity contribution in [2.24, 2.45) is 5.41 Å². The first-order valence-corrected chi connectivity index (χ1v) is 8.49. The lowest BCUT2D eigenvalue weighted by atomic mass is 9.58. The van der Waals surface area contributed by atoms with E-state index in [4.69, 9.17) is 0 Å². The molecule has 0 fully saturated rings. The van der Waals surface area contributed by atoms with Crippen molar-refractivity contribution < 1.29 is 4.79 Å². The number of hydrogen-bond donors (Lipinski definition) is 0. The molecule has 4 rings (SSSR count). The average Bonchev–Trinajstić information content (AvgIpc) is 2.81. The third-order valence-corrected chi connectivity index (χ3v) is 6.01. The van der Waals surface area contributed by atoms with E-state index in [0.29, 0.717) is 5.78 Å². The van der Waals surface area contributed by atoms with Crippen LogP contribution in [0.15, 0.2) is 66.2 Å². The Hall–Kier alpha value is -2.15. The topological polar surface area (TPSA) is 17.1 Å². The zero-order valence-electron chi connectivity index (χ0n) is 13.8. The summed E-state index contributed by atoms with van der Waals surface area (Å²) in [7, 11) is 0. The Morgan fingerprint density at radius 3 is 2.43 bits per heavy atom. The maximum absolute atomic E-state index is 13.4. The van der Waals surface area contributed by atoms with Crippen LogP contribution in [0.25, 0.3) is 0 Å². The van der Waals surface area contributed by atoms with Gasteiger partial charge in [0.05, 0.1) is 5.41 Å². The summed E-state index contributed by atoms with van der Waals surface area (Å²) in [6, 6.07) is 18.8. The lowest BCUT2D eigenvalue weighted by Gasteiger charge is -2.43. The summed E-state index contributed by atoms with van der Waals surface area (Å²) in [6.07, 6.45) is 4.13. The monoisotopic (exact) mass is 302 g/mol. The molecule has 0 saturated heterocycles. The number of ketones is 1. The number of carbonyl (C=O) groups excluding carboxylic acids is 1. The molecule has 0 amide bonds. The Bertz CT molecular complexity index is 787. The predicted molar refractivity (Wildman–Crippen MR) is 93.8 cm³/mol. The van der Waals surface area contributed by atoms with Gasteiger partial charge in [0.25, 0.3) is 0 Å². The van der Waals surface area contributed by atoms with Crippen molar-refractivity contribution in [3.05, 3.63) is 82.9 Å². The standard InChI is InChI=1S/C22H22O/c1-15-12-13-22(20(14-15)17-8-4-3-5-9-17)16(2)18-10-6-7-11-19(18)21(22)23/h3-12,16,20H,13-14H2,1-2H3/t16-,20+,22+/m0/s1. The van der Waals surface area contributed by atoms with Crippen LogP contribution < -0.4 is 0 Å². The molecule has 0 unspecified atom stereocenters. The zero-order chi connectivity index (χ0) is 16.0. The minimum Gasteiger partial charge on any atom is -0.293 e. The van der Waals surface area contributed by atoms with Gasteiger partial charge in [-0.2, -0.15) is 0 Å². The Morgan fingerprint density at radius 1 is 1.00 bits per heavy atom. The fourth-order valence-electron chi connectivity index (χ4n) is 4.71. The molecule has 2 aliphatic rings. The molecule has 2 aromatic carbocycles. The van der Waals surface area contributed by atoms with Gasteiger partial charge in [-0.15, -0.1) is 0 Å². The molecular weight excluding hydrogens is 280 g/mol. The van der Waals surface area contributed by atoms with Gasteiger partial charge in [-0.25, -0.2) is 0 Å². The van der Waals surface area contributed by atoms with E-state index in [9.17, 15) is 4.79 Å². The SMILES string of the molecule is CC1=CC[C@]2(C(=O)c3ccccc3[C@@H]2C)[C@@H](c2ccccc2)C1. The lowest BCUT2D eigenvalue weighted by Crippen LogP contribution is -2.39. The van der Waals surface area contributed by atoms with E-state index >= 15 is 0 Å². The molecular formula is C22H22O. The molecule has 0 aromatic heterocycles. The smallest absolute Gasteiger partial charge is 0.170 e. The first kappa shape index (κ1) is 14.4. The molecule has 2 aromatic rings. The third kappa shape index (κ3) is 1.96. The summed E-state index contributed by atoms with van der Waals surface area (Å²) in [5.74, 6) is 0.877. The van der Waals surface area contributed by atoms with Crippen LogP contribution in [0.1, 0.15) is 60.0 Å². The molecule has 23 heavy (non-hydrogen) atoms. The average molecular weight is 302 g/mol. The van der Waals surface area contributed by atoms with Gasteiger partial charge in [0, 0.05) is 11.5 Å². The van der Waals surface area contributed by atoms with Gasteiger partial charge in [-0.1, -0.05) is 73.2 Å². The van der Waals surface area contributed by atoms with Gasteiger partial charge >= 0.3 is 0 Å². The van der Waals surface area contributed by atoms with Crippen molar-refractivity contribution in [1.82, 2.24) is 0 Å². The number of Topliss-reactive ketones (excluding diaryl/α,β-unsaturated/α-hetero) is 1. The highest BCUT2D eigenvalue weighted by Crippen LogP contribution is 2.60. The van der Waals surface area contributed by atoms with Crippen LogP contribution in [0.2, 0.25) is 0 Å². The van der Waals surface area contributed by atoms with Crippen LogP contribution in [0.4, 0.5) is 0 Å². The predicted octanol–water partition coefficient (Wildman–Crippen LogP) is 5.50. The van der Waals surface area contributed by atoms with E-state index in [1.807, 2.05) is 12.1 Å². The second-order valence-corrected chi connectivity index (χ2v) is 7.10. The first-order valence-electron chi connectivity index (χ1n) is 8.49. The maximum atomic E-state index is 13.4. The highest BCUT2D eigenvalue weighted by atomic mass is 16.1. The van der Waals surface area contributed by atoms with E-state index in [0.717, 1.165) is 18.4 Å². The Labute approximate surface area is 138 Å². The number of fused-ring (bicyclic) bond motifs is 1. The van der Waals surface area contributed by atoms with Crippen molar-refractivity contribution >= 4 is 5.78 Å². The van der Waals surface area contributed by atoms with Gasteiger partial charge < -0.3 is 0 Å². The van der Waals surface area contributed by atoms with E-state index in [2.05, 4.69) is 62.4 Å². The zero-order valence-corrected chi connectivity index (χ0v) is 13.8. The van der Waals surface area contributed by atoms with Crippen molar-refractivity contribution in [3.8, 4) is 0 Å². The summed E-state index contributed by atoms with van der Waals surface area (Å²) >= 11 is 0. The van der Waals surface area contributed by atoms with Gasteiger partial charge in [-0.3, -0.25) is 4.79 Å². The van der Waals surface area contributed by atoms with Gasteiger partial charge in [-0.05, 0) is 36.8 Å². The Balaban J connectivity index is 1.90. The summed E-state index contributed by atoms with van der Waals surface area (Å²) in [6.45, 7) is 4.44. The van der Waals surface area contributed by atoms with Crippen molar-refractivity contribution in [1.29, 1.82) is 0 Å². The molecule has 116 valence electrons. The fourth-order valence-corrected chi connectivity index (χ4v) is 4.71. The third-order valence-electron chi connectivity index (χ3n) is 6.01. The van der Waals surface area contributed by atoms with Crippen LogP contribution >= 0.6 is 0 Å². The maximum Gasteiger partial charge on any atom is 0.170 e. The molecule has 1 nitrogen and oxygen atoms in total. The van der Waals surface area contributed by atoms with E-state index in [1.165, 1.54) is 16.7 Å². The van der Waals surface area contributed by atoms with E-state index < -0.39 is 0 Å². The minimum absolute atomic E-state index is 0.265. The van der Waals surface area contributed by atoms with Crippen LogP contribution in [-0.4, -0.2) is 5.78 Å². The van der Waals surface area contributed by atoms with Crippen LogP contribution in [0, 0.1) is 5.41 Å². The van der Waals surface area contributed by atoms with Gasteiger partial charge in [0.2, 0.25) is 0 Å². The Morgan fingerprint density at radius 2 is 1.70 bits per heavy atom. The quantitative estimate of drug-likeness (QED) is 0.636. The highest BCUT2D eigenvalue weighted by molar-refractivity contribution is 6.06. The normalized spacial score (nSPS) is 29.5. The van der Waals surface area contributed by atoms with Crippen LogP contribution in [-0.2, 0) is 0 Å². The van der Waals surface area contributed by atoms with Gasteiger partial charge in [0.15, 0.2) is 5.78 Å². The molecule has 0 saturated carbocycles. The van der Waals surface area contributed by atoms with Crippen LogP contribution in [0.3, 0.4) is 0 Å². The number of hydrogen-bond acceptors (Lipinski definition) is 1. The number of allylic oxidation sites excluding steroid dienone is 2. The molecule has 1 spiro atoms. The van der Waals surface area contributed by atoms with Crippen molar-refractivity contribution in [2.45, 2.75) is 38.5 Å². The van der Waals surface area contributed by atoms with Crippen LogP contribution in [0.5, 0.6) is 0 Å². The number of rotatable bonds is 1. The first-order chi connectivity index (χ1) is 11.1. The molecule has 0 heterocycles. The lowest BCUT2D eigenvalue weighted by molar-refractivity contribution is 0.0719. The van der Waals surface area contributed by atoms with Crippen molar-refractivity contribution in [2.75, 3.05) is 0 Å². The summed E-state index contributed by atoms with van der Waals surface area (Å²) < 4.78 is 0. The Kier molecular flexibility index (Phi) is 3.26. The largest absolute Gasteiger partial charge is 0.293 e. The van der Waals surface area contributed by atoms with Crippen molar-refractivity contribution in [3.63, 3.8) is 0 Å². The molecule has 3 atom stereocenters. The van der Waals surface area contributed by atoms with E-state index in [1.54, 1.807) is 0 Å².